The first-order valence-corrected chi connectivity index (χ1v) is 10.6. The van der Waals surface area contributed by atoms with E-state index in [1.165, 1.54) is 16.7 Å². The minimum atomic E-state index is 0.0205. The third-order valence-corrected chi connectivity index (χ3v) is 5.72. The summed E-state index contributed by atoms with van der Waals surface area (Å²) in [5.41, 5.74) is 4.93. The van der Waals surface area contributed by atoms with Gasteiger partial charge >= 0.3 is 6.03 Å². The fraction of sp³-hybridized carbons (Fsp3) is 0.269. The van der Waals surface area contributed by atoms with Crippen molar-refractivity contribution in [2.24, 2.45) is 0 Å². The molecule has 0 unspecified atom stereocenters. The van der Waals surface area contributed by atoms with Crippen LogP contribution in [0.5, 0.6) is 0 Å². The Morgan fingerprint density at radius 1 is 0.833 bits per heavy atom. The number of benzene rings is 3. The zero-order chi connectivity index (χ0) is 20.8. The molecule has 154 valence electrons. The van der Waals surface area contributed by atoms with E-state index in [0.717, 1.165) is 31.7 Å². The third-order valence-electron chi connectivity index (χ3n) is 5.72. The fourth-order valence-electron chi connectivity index (χ4n) is 4.18. The van der Waals surface area contributed by atoms with Crippen molar-refractivity contribution in [2.45, 2.75) is 19.5 Å². The second kappa shape index (κ2) is 9.59. The van der Waals surface area contributed by atoms with E-state index in [9.17, 15) is 4.79 Å². The molecule has 1 aliphatic rings. The highest BCUT2D eigenvalue weighted by Crippen LogP contribution is 2.29. The topological polar surface area (TPSA) is 35.6 Å². The number of amides is 2. The molecule has 1 aliphatic heterocycles. The predicted octanol–water partition coefficient (Wildman–Crippen LogP) is 4.61. The summed E-state index contributed by atoms with van der Waals surface area (Å²) in [5.74, 6) is 0. The Morgan fingerprint density at radius 3 is 2.00 bits per heavy atom. The monoisotopic (exact) mass is 399 g/mol. The molecule has 30 heavy (non-hydrogen) atoms. The Bertz CT molecular complexity index is 911. The molecule has 0 spiro atoms. The average Bonchev–Trinajstić information content (AvgIpc) is 2.80. The molecular formula is C26H29N3O. The summed E-state index contributed by atoms with van der Waals surface area (Å²) in [6.07, 6.45) is 0. The minimum absolute atomic E-state index is 0.0205. The van der Waals surface area contributed by atoms with Gasteiger partial charge < -0.3 is 10.2 Å². The molecule has 3 aromatic rings. The number of nitrogens with one attached hydrogen (secondary N) is 1. The van der Waals surface area contributed by atoms with Crippen molar-refractivity contribution in [3.63, 3.8) is 0 Å². The average molecular weight is 400 g/mol. The lowest BCUT2D eigenvalue weighted by atomic mass is 9.96. The first-order chi connectivity index (χ1) is 14.7. The molecule has 3 aromatic carbocycles. The van der Waals surface area contributed by atoms with Gasteiger partial charge in [0.2, 0.25) is 0 Å². The summed E-state index contributed by atoms with van der Waals surface area (Å²) in [6, 6.07) is 29.8. The van der Waals surface area contributed by atoms with Crippen LogP contribution in [0.1, 0.15) is 28.3 Å². The fourth-order valence-corrected chi connectivity index (χ4v) is 4.18. The summed E-state index contributed by atoms with van der Waals surface area (Å²) in [7, 11) is 0. The molecule has 0 atom stereocenters. The zero-order valence-corrected chi connectivity index (χ0v) is 17.5. The lowest BCUT2D eigenvalue weighted by Gasteiger charge is -2.39. The van der Waals surface area contributed by atoms with Gasteiger partial charge in [-0.1, -0.05) is 90.5 Å². The van der Waals surface area contributed by atoms with Gasteiger partial charge in [-0.15, -0.1) is 0 Å². The van der Waals surface area contributed by atoms with Gasteiger partial charge in [0.1, 0.15) is 0 Å². The molecule has 0 aromatic heterocycles. The second-order valence-electron chi connectivity index (χ2n) is 7.89. The molecule has 4 rings (SSSR count). The molecule has 0 bridgehead atoms. The number of carbonyl (C=O) groups is 1. The van der Waals surface area contributed by atoms with Crippen molar-refractivity contribution >= 4 is 6.03 Å². The van der Waals surface area contributed by atoms with Crippen LogP contribution in [-0.4, -0.2) is 42.0 Å². The molecule has 0 aliphatic carbocycles. The Labute approximate surface area is 179 Å². The van der Waals surface area contributed by atoms with Crippen LogP contribution < -0.4 is 5.32 Å². The minimum Gasteiger partial charge on any atom is -0.334 e. The van der Waals surface area contributed by atoms with Crippen LogP contribution in [0.15, 0.2) is 84.9 Å². The number of hydrogen-bond acceptors (Lipinski definition) is 2. The largest absolute Gasteiger partial charge is 0.334 e. The summed E-state index contributed by atoms with van der Waals surface area (Å²) < 4.78 is 0. The van der Waals surface area contributed by atoms with Gasteiger partial charge in [0.15, 0.2) is 0 Å². The Balaban J connectivity index is 1.39. The van der Waals surface area contributed by atoms with E-state index in [4.69, 9.17) is 0 Å². The first kappa shape index (κ1) is 20.2. The van der Waals surface area contributed by atoms with Crippen LogP contribution in [0, 0.1) is 6.92 Å². The molecular weight excluding hydrogens is 370 g/mol. The van der Waals surface area contributed by atoms with Crippen molar-refractivity contribution in [1.82, 2.24) is 15.1 Å². The number of hydrogen-bond donors (Lipinski definition) is 1. The SMILES string of the molecule is Cc1cccc(CNC(=O)N2CCN(C(c3ccccc3)c3ccccc3)CC2)c1. The van der Waals surface area contributed by atoms with Crippen LogP contribution >= 0.6 is 0 Å². The third kappa shape index (κ3) is 4.89. The van der Waals surface area contributed by atoms with Gasteiger partial charge in [0.05, 0.1) is 6.04 Å². The van der Waals surface area contributed by atoms with Crippen LogP contribution in [0.4, 0.5) is 4.79 Å². The van der Waals surface area contributed by atoms with E-state index in [1.807, 2.05) is 11.0 Å². The molecule has 1 N–H and O–H groups in total. The van der Waals surface area contributed by atoms with Crippen molar-refractivity contribution < 1.29 is 4.79 Å². The number of piperazine rings is 1. The zero-order valence-electron chi connectivity index (χ0n) is 17.5. The number of rotatable bonds is 5. The quantitative estimate of drug-likeness (QED) is 0.680. The summed E-state index contributed by atoms with van der Waals surface area (Å²) in [4.78, 5) is 17.1. The highest BCUT2D eigenvalue weighted by atomic mass is 16.2. The standard InChI is InChI=1S/C26H29N3O/c1-21-9-8-10-22(19-21)20-27-26(30)29-17-15-28(16-18-29)25(23-11-4-2-5-12-23)24-13-6-3-7-14-24/h2-14,19,25H,15-18,20H2,1H3,(H,27,30). The molecule has 1 heterocycles. The predicted molar refractivity (Wildman–Crippen MR) is 121 cm³/mol. The van der Waals surface area contributed by atoms with Gasteiger partial charge in [-0.2, -0.15) is 0 Å². The molecule has 4 heteroatoms. The normalized spacial score (nSPS) is 14.7. The molecule has 0 radical (unpaired) electrons. The van der Waals surface area contributed by atoms with Crippen molar-refractivity contribution in [3.8, 4) is 0 Å². The van der Waals surface area contributed by atoms with Gasteiger partial charge in [0, 0.05) is 32.7 Å². The van der Waals surface area contributed by atoms with Crippen molar-refractivity contribution in [2.75, 3.05) is 26.2 Å². The molecule has 4 nitrogen and oxygen atoms in total. The lowest BCUT2D eigenvalue weighted by molar-refractivity contribution is 0.120. The maximum absolute atomic E-state index is 12.7. The highest BCUT2D eigenvalue weighted by Gasteiger charge is 2.28. The van der Waals surface area contributed by atoms with E-state index >= 15 is 0 Å². The van der Waals surface area contributed by atoms with E-state index in [2.05, 4.69) is 96.0 Å². The molecule has 1 saturated heterocycles. The van der Waals surface area contributed by atoms with Crippen LogP contribution in [0.25, 0.3) is 0 Å². The van der Waals surface area contributed by atoms with Crippen LogP contribution in [0.3, 0.4) is 0 Å². The number of aryl methyl sites for hydroxylation is 1. The van der Waals surface area contributed by atoms with E-state index < -0.39 is 0 Å². The highest BCUT2D eigenvalue weighted by molar-refractivity contribution is 5.74. The van der Waals surface area contributed by atoms with Crippen molar-refractivity contribution in [3.05, 3.63) is 107 Å². The molecule has 1 fully saturated rings. The van der Waals surface area contributed by atoms with E-state index in [0.29, 0.717) is 6.54 Å². The van der Waals surface area contributed by atoms with Gasteiger partial charge in [-0.05, 0) is 23.6 Å². The maximum Gasteiger partial charge on any atom is 0.317 e. The maximum atomic E-state index is 12.7. The number of carbonyl (C=O) groups excluding carboxylic acids is 1. The lowest BCUT2D eigenvalue weighted by Crippen LogP contribution is -2.52. The van der Waals surface area contributed by atoms with Gasteiger partial charge in [0.25, 0.3) is 0 Å². The molecule has 0 saturated carbocycles. The number of urea groups is 1. The van der Waals surface area contributed by atoms with Gasteiger partial charge in [-0.3, -0.25) is 4.90 Å². The number of nitrogens with zero attached hydrogens (tertiary/aromatic N) is 2. The summed E-state index contributed by atoms with van der Waals surface area (Å²) >= 11 is 0. The Kier molecular flexibility index (Phi) is 6.45. The Hall–Kier alpha value is -3.11. The van der Waals surface area contributed by atoms with Crippen LogP contribution in [0.2, 0.25) is 0 Å². The first-order valence-electron chi connectivity index (χ1n) is 10.6. The second-order valence-corrected chi connectivity index (χ2v) is 7.89. The van der Waals surface area contributed by atoms with Crippen LogP contribution in [-0.2, 0) is 6.54 Å². The summed E-state index contributed by atoms with van der Waals surface area (Å²) in [5, 5.41) is 3.07. The van der Waals surface area contributed by atoms with Crippen molar-refractivity contribution in [1.29, 1.82) is 0 Å². The smallest absolute Gasteiger partial charge is 0.317 e. The van der Waals surface area contributed by atoms with Gasteiger partial charge in [-0.25, -0.2) is 4.79 Å². The van der Waals surface area contributed by atoms with E-state index in [-0.39, 0.29) is 12.1 Å². The summed E-state index contributed by atoms with van der Waals surface area (Å²) in [6.45, 7) is 5.81. The Morgan fingerprint density at radius 2 is 1.43 bits per heavy atom. The van der Waals surface area contributed by atoms with E-state index in [1.54, 1.807) is 0 Å². The molecule has 2 amide bonds.